The van der Waals surface area contributed by atoms with Crippen molar-refractivity contribution in [2.75, 3.05) is 20.8 Å². The van der Waals surface area contributed by atoms with Gasteiger partial charge in [-0.15, -0.1) is 0 Å². The van der Waals surface area contributed by atoms with Crippen molar-refractivity contribution in [3.8, 4) is 11.5 Å². The zero-order valence-electron chi connectivity index (χ0n) is 9.02. The number of hydrogen-bond donors (Lipinski definition) is 0. The highest BCUT2D eigenvalue weighted by Gasteiger charge is 2.19. The molecule has 0 atom stereocenters. The minimum Gasteiger partial charge on any atom is -0.493 e. The fraction of sp³-hybridized carbons (Fsp3) is 0.273. The van der Waals surface area contributed by atoms with Crippen molar-refractivity contribution in [3.05, 3.63) is 23.8 Å². The lowest BCUT2D eigenvalue weighted by molar-refractivity contribution is -0.132. The molecule has 5 nitrogen and oxygen atoms in total. The summed E-state index contributed by atoms with van der Waals surface area (Å²) in [5.74, 6) is 1.18. The zero-order chi connectivity index (χ0) is 11.5. The molecule has 0 aromatic heterocycles. The Morgan fingerprint density at radius 1 is 1.25 bits per heavy atom. The van der Waals surface area contributed by atoms with Crippen LogP contribution in [0.5, 0.6) is 11.5 Å². The first-order valence-corrected chi connectivity index (χ1v) is 4.72. The molecule has 84 valence electrons. The molecule has 0 amide bonds. The Hall–Kier alpha value is -2.04. The standard InChI is InChI=1S/C11H11NO4/c1-14-8-4-3-7(5-9(8)15-2)11-12-6-10(13)16-11/h3-5H,6H2,1-2H3. The minimum absolute atomic E-state index is 0.0731. The van der Waals surface area contributed by atoms with Crippen LogP contribution in [0.2, 0.25) is 0 Å². The van der Waals surface area contributed by atoms with Gasteiger partial charge in [0, 0.05) is 5.56 Å². The second kappa shape index (κ2) is 4.22. The van der Waals surface area contributed by atoms with Gasteiger partial charge in [-0.25, -0.2) is 9.79 Å². The summed E-state index contributed by atoms with van der Waals surface area (Å²) in [4.78, 5) is 14.9. The van der Waals surface area contributed by atoms with Crippen LogP contribution in [0, 0.1) is 0 Å². The predicted molar refractivity (Wildman–Crippen MR) is 57.0 cm³/mol. The van der Waals surface area contributed by atoms with Crippen LogP contribution >= 0.6 is 0 Å². The summed E-state index contributed by atoms with van der Waals surface area (Å²) in [5, 5.41) is 0. The fourth-order valence-electron chi connectivity index (χ4n) is 1.43. The zero-order valence-corrected chi connectivity index (χ0v) is 9.02. The van der Waals surface area contributed by atoms with Gasteiger partial charge in [0.2, 0.25) is 5.90 Å². The van der Waals surface area contributed by atoms with Gasteiger partial charge in [-0.2, -0.15) is 0 Å². The summed E-state index contributed by atoms with van der Waals surface area (Å²) in [6, 6.07) is 5.22. The molecule has 0 saturated carbocycles. The maximum Gasteiger partial charge on any atom is 0.334 e. The first-order chi connectivity index (χ1) is 7.74. The van der Waals surface area contributed by atoms with E-state index in [2.05, 4.69) is 4.99 Å². The number of cyclic esters (lactones) is 1. The van der Waals surface area contributed by atoms with Gasteiger partial charge in [0.05, 0.1) is 14.2 Å². The molecule has 0 radical (unpaired) electrons. The maximum absolute atomic E-state index is 10.9. The predicted octanol–water partition coefficient (Wildman–Crippen LogP) is 1.01. The van der Waals surface area contributed by atoms with E-state index >= 15 is 0 Å². The second-order valence-corrected chi connectivity index (χ2v) is 3.17. The lowest BCUT2D eigenvalue weighted by Gasteiger charge is -2.08. The highest BCUT2D eigenvalue weighted by molar-refractivity contribution is 6.05. The molecule has 0 N–H and O–H groups in total. The number of rotatable bonds is 3. The number of carbonyl (C=O) groups is 1. The van der Waals surface area contributed by atoms with Crippen LogP contribution in [0.4, 0.5) is 0 Å². The van der Waals surface area contributed by atoms with E-state index in [0.717, 1.165) is 0 Å². The average molecular weight is 221 g/mol. The summed E-state index contributed by atoms with van der Waals surface area (Å²) in [6.45, 7) is 0.0731. The summed E-state index contributed by atoms with van der Waals surface area (Å²) >= 11 is 0. The number of aliphatic imine (C=N–C) groups is 1. The van der Waals surface area contributed by atoms with Crippen molar-refractivity contribution < 1.29 is 19.0 Å². The van der Waals surface area contributed by atoms with E-state index in [1.165, 1.54) is 0 Å². The Bertz CT molecular complexity index is 453. The first kappa shape index (κ1) is 10.5. The Morgan fingerprint density at radius 3 is 2.56 bits per heavy atom. The number of ether oxygens (including phenoxy) is 3. The molecule has 1 aliphatic rings. The molecule has 1 aromatic carbocycles. The molecule has 1 aliphatic heterocycles. The van der Waals surface area contributed by atoms with E-state index in [-0.39, 0.29) is 12.5 Å². The van der Waals surface area contributed by atoms with Gasteiger partial charge in [-0.1, -0.05) is 0 Å². The van der Waals surface area contributed by atoms with Crippen molar-refractivity contribution >= 4 is 11.9 Å². The molecule has 0 unspecified atom stereocenters. The minimum atomic E-state index is -0.343. The molecule has 16 heavy (non-hydrogen) atoms. The van der Waals surface area contributed by atoms with Crippen LogP contribution < -0.4 is 9.47 Å². The number of esters is 1. The van der Waals surface area contributed by atoms with Crippen LogP contribution in [0.25, 0.3) is 0 Å². The maximum atomic E-state index is 10.9. The topological polar surface area (TPSA) is 57.1 Å². The molecular weight excluding hydrogens is 210 g/mol. The quantitative estimate of drug-likeness (QED) is 0.715. The van der Waals surface area contributed by atoms with Crippen LogP contribution in [0.15, 0.2) is 23.2 Å². The van der Waals surface area contributed by atoms with Crippen LogP contribution in [-0.4, -0.2) is 32.6 Å². The normalized spacial score (nSPS) is 14.4. The molecule has 0 aliphatic carbocycles. The Kier molecular flexibility index (Phi) is 2.76. The number of carbonyl (C=O) groups excluding carboxylic acids is 1. The molecule has 0 bridgehead atoms. The van der Waals surface area contributed by atoms with E-state index in [4.69, 9.17) is 14.2 Å². The van der Waals surface area contributed by atoms with Crippen molar-refractivity contribution in [3.63, 3.8) is 0 Å². The van der Waals surface area contributed by atoms with Gasteiger partial charge in [0.15, 0.2) is 11.5 Å². The van der Waals surface area contributed by atoms with Crippen LogP contribution in [-0.2, 0) is 9.53 Å². The number of nitrogens with zero attached hydrogens (tertiary/aromatic N) is 1. The van der Waals surface area contributed by atoms with E-state index in [0.29, 0.717) is 23.0 Å². The summed E-state index contributed by atoms with van der Waals surface area (Å²) in [7, 11) is 3.11. The first-order valence-electron chi connectivity index (χ1n) is 4.72. The second-order valence-electron chi connectivity index (χ2n) is 3.17. The largest absolute Gasteiger partial charge is 0.493 e. The number of benzene rings is 1. The lowest BCUT2D eigenvalue weighted by Crippen LogP contribution is -2.06. The van der Waals surface area contributed by atoms with Crippen LogP contribution in [0.1, 0.15) is 5.56 Å². The molecular formula is C11H11NO4. The smallest absolute Gasteiger partial charge is 0.334 e. The van der Waals surface area contributed by atoms with E-state index in [1.807, 2.05) is 0 Å². The third-order valence-electron chi connectivity index (χ3n) is 2.19. The Morgan fingerprint density at radius 2 is 2.00 bits per heavy atom. The molecule has 0 saturated heterocycles. The molecule has 1 aromatic rings. The van der Waals surface area contributed by atoms with E-state index in [1.54, 1.807) is 32.4 Å². The highest BCUT2D eigenvalue weighted by atomic mass is 16.6. The molecule has 0 fully saturated rings. The average Bonchev–Trinajstić information content (AvgIpc) is 2.75. The summed E-state index contributed by atoms with van der Waals surface area (Å²) in [5.41, 5.74) is 0.698. The van der Waals surface area contributed by atoms with Gasteiger partial charge in [-0.05, 0) is 18.2 Å². The van der Waals surface area contributed by atoms with Gasteiger partial charge in [0.1, 0.15) is 6.54 Å². The highest BCUT2D eigenvalue weighted by Crippen LogP contribution is 2.28. The molecule has 5 heteroatoms. The van der Waals surface area contributed by atoms with Crippen LogP contribution in [0.3, 0.4) is 0 Å². The van der Waals surface area contributed by atoms with Crippen molar-refractivity contribution in [2.45, 2.75) is 0 Å². The fourth-order valence-corrected chi connectivity index (χ4v) is 1.43. The lowest BCUT2D eigenvalue weighted by atomic mass is 10.2. The Labute approximate surface area is 92.6 Å². The van der Waals surface area contributed by atoms with Gasteiger partial charge in [-0.3, -0.25) is 0 Å². The summed E-state index contributed by atoms with van der Waals surface area (Å²) < 4.78 is 15.2. The Balaban J connectivity index is 2.33. The molecule has 2 rings (SSSR count). The van der Waals surface area contributed by atoms with E-state index in [9.17, 15) is 4.79 Å². The molecule has 0 spiro atoms. The summed E-state index contributed by atoms with van der Waals surface area (Å²) in [6.07, 6.45) is 0. The third kappa shape index (κ3) is 1.84. The van der Waals surface area contributed by atoms with Gasteiger partial charge < -0.3 is 14.2 Å². The molecule has 1 heterocycles. The monoisotopic (exact) mass is 221 g/mol. The SMILES string of the molecule is COc1ccc(C2=NCC(=O)O2)cc1OC. The van der Waals surface area contributed by atoms with E-state index < -0.39 is 0 Å². The van der Waals surface area contributed by atoms with Crippen molar-refractivity contribution in [2.24, 2.45) is 4.99 Å². The van der Waals surface area contributed by atoms with Crippen molar-refractivity contribution in [1.29, 1.82) is 0 Å². The number of hydrogen-bond acceptors (Lipinski definition) is 5. The number of methoxy groups -OCH3 is 2. The third-order valence-corrected chi connectivity index (χ3v) is 2.19. The van der Waals surface area contributed by atoms with Crippen molar-refractivity contribution in [1.82, 2.24) is 0 Å². The van der Waals surface area contributed by atoms with Gasteiger partial charge in [0.25, 0.3) is 0 Å². The van der Waals surface area contributed by atoms with Gasteiger partial charge >= 0.3 is 5.97 Å².